The van der Waals surface area contributed by atoms with Crippen LogP contribution < -0.4 is 4.72 Å². The van der Waals surface area contributed by atoms with Crippen molar-refractivity contribution in [2.75, 3.05) is 39.6 Å². The maximum absolute atomic E-state index is 12.1. The summed E-state index contributed by atoms with van der Waals surface area (Å²) in [5.74, 6) is 0. The minimum Gasteiger partial charge on any atom is -0.383 e. The van der Waals surface area contributed by atoms with Gasteiger partial charge in [-0.2, -0.15) is 4.31 Å². The van der Waals surface area contributed by atoms with E-state index in [-0.39, 0.29) is 31.1 Å². The molecule has 1 aromatic carbocycles. The Morgan fingerprint density at radius 1 is 1.23 bits per heavy atom. The molecule has 0 unspecified atom stereocenters. The van der Waals surface area contributed by atoms with Gasteiger partial charge in [0.15, 0.2) is 0 Å². The van der Waals surface area contributed by atoms with Crippen molar-refractivity contribution in [3.63, 3.8) is 0 Å². The quantitative estimate of drug-likeness (QED) is 0.684. The van der Waals surface area contributed by atoms with E-state index in [2.05, 4.69) is 4.72 Å². The molecular weight excluding hydrogens is 352 g/mol. The SMILES string of the molecule is COCCN(CCNS(=O)(=O)c1cccc(Cl)c1)S(C)(=O)=O. The van der Waals surface area contributed by atoms with Crippen LogP contribution in [0.2, 0.25) is 5.02 Å². The van der Waals surface area contributed by atoms with E-state index in [4.69, 9.17) is 16.3 Å². The summed E-state index contributed by atoms with van der Waals surface area (Å²) in [6.45, 7) is 0.357. The fourth-order valence-corrected chi connectivity index (χ4v) is 3.81. The van der Waals surface area contributed by atoms with Gasteiger partial charge in [0.2, 0.25) is 20.0 Å². The summed E-state index contributed by atoms with van der Waals surface area (Å²) in [6.07, 6.45) is 1.06. The molecule has 0 aliphatic carbocycles. The van der Waals surface area contributed by atoms with Crippen molar-refractivity contribution >= 4 is 31.6 Å². The highest BCUT2D eigenvalue weighted by Gasteiger charge is 2.18. The summed E-state index contributed by atoms with van der Waals surface area (Å²) >= 11 is 5.76. The molecule has 0 fully saturated rings. The molecule has 126 valence electrons. The van der Waals surface area contributed by atoms with Crippen LogP contribution in [0.15, 0.2) is 29.2 Å². The zero-order chi connectivity index (χ0) is 16.8. The normalized spacial score (nSPS) is 12.7. The highest BCUT2D eigenvalue weighted by molar-refractivity contribution is 7.89. The lowest BCUT2D eigenvalue weighted by Crippen LogP contribution is -2.39. The molecule has 0 aromatic heterocycles. The van der Waals surface area contributed by atoms with Crippen LogP contribution >= 0.6 is 11.6 Å². The van der Waals surface area contributed by atoms with Gasteiger partial charge >= 0.3 is 0 Å². The van der Waals surface area contributed by atoms with Crippen LogP contribution in [0.3, 0.4) is 0 Å². The Hall–Kier alpha value is -0.710. The molecule has 0 saturated heterocycles. The van der Waals surface area contributed by atoms with Gasteiger partial charge < -0.3 is 4.74 Å². The number of rotatable bonds is 9. The summed E-state index contributed by atoms with van der Waals surface area (Å²) in [6, 6.07) is 5.83. The Kier molecular flexibility index (Phi) is 7.23. The third kappa shape index (κ3) is 6.19. The third-order valence-corrected chi connectivity index (χ3v) is 5.77. The zero-order valence-electron chi connectivity index (χ0n) is 12.3. The molecule has 10 heteroatoms. The van der Waals surface area contributed by atoms with Gasteiger partial charge in [-0.05, 0) is 18.2 Å². The second-order valence-electron chi connectivity index (χ2n) is 4.51. The van der Waals surface area contributed by atoms with Gasteiger partial charge in [-0.15, -0.1) is 0 Å². The molecule has 0 amide bonds. The fraction of sp³-hybridized carbons (Fsp3) is 0.500. The number of sulfonamides is 2. The highest BCUT2D eigenvalue weighted by Crippen LogP contribution is 2.15. The average molecular weight is 371 g/mol. The molecule has 0 atom stereocenters. The smallest absolute Gasteiger partial charge is 0.240 e. The summed E-state index contributed by atoms with van der Waals surface area (Å²) in [5, 5.41) is 0.306. The maximum atomic E-state index is 12.1. The van der Waals surface area contributed by atoms with Gasteiger partial charge in [0.1, 0.15) is 0 Å². The first-order chi connectivity index (χ1) is 10.2. The number of hydrogen-bond acceptors (Lipinski definition) is 5. The van der Waals surface area contributed by atoms with E-state index in [0.717, 1.165) is 10.6 Å². The molecule has 0 aliphatic rings. The number of methoxy groups -OCH3 is 1. The molecule has 1 N–H and O–H groups in total. The van der Waals surface area contributed by atoms with Gasteiger partial charge in [0.05, 0.1) is 17.8 Å². The van der Waals surface area contributed by atoms with Gasteiger partial charge in [-0.3, -0.25) is 0 Å². The molecule has 7 nitrogen and oxygen atoms in total. The van der Waals surface area contributed by atoms with Crippen LogP contribution in [-0.2, 0) is 24.8 Å². The van der Waals surface area contributed by atoms with Crippen molar-refractivity contribution < 1.29 is 21.6 Å². The minimum atomic E-state index is -3.73. The van der Waals surface area contributed by atoms with E-state index < -0.39 is 20.0 Å². The zero-order valence-corrected chi connectivity index (χ0v) is 14.7. The van der Waals surface area contributed by atoms with Gasteiger partial charge in [-0.25, -0.2) is 21.6 Å². The molecule has 0 heterocycles. The molecule has 1 rings (SSSR count). The largest absolute Gasteiger partial charge is 0.383 e. The number of halogens is 1. The summed E-state index contributed by atoms with van der Waals surface area (Å²) < 4.78 is 55.6. The second kappa shape index (κ2) is 8.23. The van der Waals surface area contributed by atoms with Gasteiger partial charge in [-0.1, -0.05) is 17.7 Å². The van der Waals surface area contributed by atoms with Gasteiger partial charge in [0.25, 0.3) is 0 Å². The molecule has 0 bridgehead atoms. The standard InChI is InChI=1S/C12H19ClN2O5S2/c1-20-9-8-15(21(2,16)17)7-6-14-22(18,19)12-5-3-4-11(13)10-12/h3-5,10,14H,6-9H2,1-2H3. The van der Waals surface area contributed by atoms with E-state index in [1.54, 1.807) is 6.07 Å². The summed E-state index contributed by atoms with van der Waals surface area (Å²) in [7, 11) is -5.70. The lowest BCUT2D eigenvalue weighted by molar-refractivity contribution is 0.179. The Labute approximate surface area is 136 Å². The lowest BCUT2D eigenvalue weighted by Gasteiger charge is -2.19. The Morgan fingerprint density at radius 2 is 1.91 bits per heavy atom. The van der Waals surface area contributed by atoms with Crippen molar-refractivity contribution in [2.45, 2.75) is 4.90 Å². The van der Waals surface area contributed by atoms with Crippen LogP contribution in [-0.4, -0.2) is 60.7 Å². The second-order valence-corrected chi connectivity index (χ2v) is 8.70. The van der Waals surface area contributed by atoms with Crippen LogP contribution in [0, 0.1) is 0 Å². The number of benzene rings is 1. The Balaban J connectivity index is 2.68. The van der Waals surface area contributed by atoms with Crippen molar-refractivity contribution in [1.82, 2.24) is 9.03 Å². The van der Waals surface area contributed by atoms with Crippen LogP contribution in [0.4, 0.5) is 0 Å². The van der Waals surface area contributed by atoms with Gasteiger partial charge in [0, 0.05) is 31.8 Å². The molecular formula is C12H19ClN2O5S2. The van der Waals surface area contributed by atoms with Crippen LogP contribution in [0.25, 0.3) is 0 Å². The first kappa shape index (κ1) is 19.3. The lowest BCUT2D eigenvalue weighted by atomic mass is 10.4. The number of ether oxygens (including phenoxy) is 1. The maximum Gasteiger partial charge on any atom is 0.240 e. The third-order valence-electron chi connectivity index (χ3n) is 2.77. The minimum absolute atomic E-state index is 0.0159. The number of nitrogens with one attached hydrogen (secondary N) is 1. The van der Waals surface area contributed by atoms with Crippen molar-refractivity contribution in [1.29, 1.82) is 0 Å². The van der Waals surface area contributed by atoms with Crippen molar-refractivity contribution in [2.24, 2.45) is 0 Å². The molecule has 22 heavy (non-hydrogen) atoms. The van der Waals surface area contributed by atoms with E-state index in [9.17, 15) is 16.8 Å². The number of nitrogens with zero attached hydrogens (tertiary/aromatic N) is 1. The average Bonchev–Trinajstić information content (AvgIpc) is 2.41. The van der Waals surface area contributed by atoms with Crippen LogP contribution in [0.1, 0.15) is 0 Å². The van der Waals surface area contributed by atoms with E-state index >= 15 is 0 Å². The van der Waals surface area contributed by atoms with Crippen LogP contribution in [0.5, 0.6) is 0 Å². The summed E-state index contributed by atoms with van der Waals surface area (Å²) in [4.78, 5) is 0.0304. The Morgan fingerprint density at radius 3 is 2.45 bits per heavy atom. The van der Waals surface area contributed by atoms with E-state index in [0.29, 0.717) is 5.02 Å². The predicted octanol–water partition coefficient (Wildman–Crippen LogP) is 0.526. The fourth-order valence-electron chi connectivity index (χ4n) is 1.66. The van der Waals surface area contributed by atoms with E-state index in [1.807, 2.05) is 0 Å². The van der Waals surface area contributed by atoms with Crippen molar-refractivity contribution in [3.05, 3.63) is 29.3 Å². The highest BCUT2D eigenvalue weighted by atomic mass is 35.5. The Bertz CT molecular complexity index is 691. The topological polar surface area (TPSA) is 92.8 Å². The molecule has 1 aromatic rings. The number of hydrogen-bond donors (Lipinski definition) is 1. The molecule has 0 aliphatic heterocycles. The van der Waals surface area contributed by atoms with Crippen molar-refractivity contribution in [3.8, 4) is 0 Å². The first-order valence-electron chi connectivity index (χ1n) is 6.36. The summed E-state index contributed by atoms with van der Waals surface area (Å²) in [5.41, 5.74) is 0. The molecule has 0 spiro atoms. The van der Waals surface area contributed by atoms with E-state index in [1.165, 1.54) is 25.3 Å². The predicted molar refractivity (Wildman–Crippen MR) is 84.9 cm³/mol. The monoisotopic (exact) mass is 370 g/mol. The molecule has 0 radical (unpaired) electrons. The molecule has 0 saturated carbocycles. The first-order valence-corrected chi connectivity index (χ1v) is 10.1.